The van der Waals surface area contributed by atoms with E-state index in [1.54, 1.807) is 0 Å². The first kappa shape index (κ1) is 14.4. The number of nitrogens with zero attached hydrogens (tertiary/aromatic N) is 1. The Kier molecular flexibility index (Phi) is 4.12. The summed E-state index contributed by atoms with van der Waals surface area (Å²) < 4.78 is 5.45. The van der Waals surface area contributed by atoms with E-state index >= 15 is 0 Å². The number of fused-ring (bicyclic) bond motifs is 1. The normalized spacial score (nSPS) is 24.0. The Morgan fingerprint density at radius 3 is 3.05 bits per heavy atom. The molecule has 5 nitrogen and oxygen atoms in total. The van der Waals surface area contributed by atoms with Crippen molar-refractivity contribution in [3.63, 3.8) is 0 Å². The molecule has 1 aromatic rings. The second-order valence-corrected chi connectivity index (χ2v) is 5.78. The zero-order chi connectivity index (χ0) is 14.8. The molecule has 2 aliphatic heterocycles. The molecule has 1 aromatic carbocycles. The number of likely N-dealkylation sites (N-methyl/N-ethyl adjacent to an activating group) is 1. The SMILES string of the molecule is CCCNC1C(=O)Nc2cc(N(C)C3CCOC3)ccc21. The number of ether oxygens (including phenoxy) is 1. The van der Waals surface area contributed by atoms with Crippen LogP contribution in [0.15, 0.2) is 18.2 Å². The summed E-state index contributed by atoms with van der Waals surface area (Å²) in [4.78, 5) is 14.3. The molecule has 1 fully saturated rings. The highest BCUT2D eigenvalue weighted by Gasteiger charge is 2.30. The fraction of sp³-hybridized carbons (Fsp3) is 0.562. The van der Waals surface area contributed by atoms with Crippen molar-refractivity contribution in [3.8, 4) is 0 Å². The van der Waals surface area contributed by atoms with Gasteiger partial charge >= 0.3 is 0 Å². The van der Waals surface area contributed by atoms with Crippen molar-refractivity contribution >= 4 is 17.3 Å². The van der Waals surface area contributed by atoms with E-state index in [4.69, 9.17) is 4.74 Å². The van der Waals surface area contributed by atoms with Crippen molar-refractivity contribution in [2.75, 3.05) is 37.0 Å². The van der Waals surface area contributed by atoms with Crippen LogP contribution in [0.1, 0.15) is 31.4 Å². The zero-order valence-corrected chi connectivity index (χ0v) is 12.7. The molecule has 2 N–H and O–H groups in total. The number of anilines is 2. The number of benzene rings is 1. The van der Waals surface area contributed by atoms with Crippen molar-refractivity contribution in [1.82, 2.24) is 5.32 Å². The second kappa shape index (κ2) is 6.03. The summed E-state index contributed by atoms with van der Waals surface area (Å²) in [6.45, 7) is 4.56. The Morgan fingerprint density at radius 1 is 1.48 bits per heavy atom. The Balaban J connectivity index is 1.79. The molecule has 0 radical (unpaired) electrons. The number of rotatable bonds is 5. The van der Waals surface area contributed by atoms with Crippen LogP contribution in [0, 0.1) is 0 Å². The van der Waals surface area contributed by atoms with Crippen LogP contribution in [0.3, 0.4) is 0 Å². The lowest BCUT2D eigenvalue weighted by Gasteiger charge is -2.26. The molecule has 0 spiro atoms. The van der Waals surface area contributed by atoms with Crippen molar-refractivity contribution in [2.24, 2.45) is 0 Å². The maximum atomic E-state index is 12.1. The van der Waals surface area contributed by atoms with Gasteiger partial charge in [0, 0.05) is 30.6 Å². The van der Waals surface area contributed by atoms with Crippen LogP contribution in [0.2, 0.25) is 0 Å². The average Bonchev–Trinajstić information content (AvgIpc) is 3.11. The van der Waals surface area contributed by atoms with Crippen molar-refractivity contribution in [2.45, 2.75) is 31.8 Å². The standard InChI is InChI=1S/C16H23N3O2/c1-3-7-17-15-13-5-4-11(9-14(13)18-16(15)20)19(2)12-6-8-21-10-12/h4-5,9,12,15,17H,3,6-8,10H2,1-2H3,(H,18,20). The summed E-state index contributed by atoms with van der Waals surface area (Å²) in [5.74, 6) is 0.0439. The molecule has 5 heteroatoms. The number of carbonyl (C=O) groups excluding carboxylic acids is 1. The topological polar surface area (TPSA) is 53.6 Å². The summed E-state index contributed by atoms with van der Waals surface area (Å²) in [5.41, 5.74) is 3.10. The van der Waals surface area contributed by atoms with Crippen LogP contribution in [0.25, 0.3) is 0 Å². The highest BCUT2D eigenvalue weighted by atomic mass is 16.5. The number of carbonyl (C=O) groups is 1. The minimum atomic E-state index is -0.214. The van der Waals surface area contributed by atoms with E-state index < -0.39 is 0 Å². The van der Waals surface area contributed by atoms with E-state index in [0.717, 1.165) is 49.5 Å². The first-order valence-electron chi connectivity index (χ1n) is 7.69. The molecule has 1 saturated heterocycles. The smallest absolute Gasteiger partial charge is 0.246 e. The van der Waals surface area contributed by atoms with Crippen LogP contribution in [0.4, 0.5) is 11.4 Å². The molecular weight excluding hydrogens is 266 g/mol. The van der Waals surface area contributed by atoms with E-state index in [1.165, 1.54) is 0 Å². The third kappa shape index (κ3) is 2.76. The average molecular weight is 289 g/mol. The minimum absolute atomic E-state index is 0.0439. The third-order valence-electron chi connectivity index (χ3n) is 4.33. The molecule has 0 aromatic heterocycles. The summed E-state index contributed by atoms with van der Waals surface area (Å²) in [6.07, 6.45) is 2.07. The van der Waals surface area contributed by atoms with Gasteiger partial charge in [0.1, 0.15) is 6.04 Å². The van der Waals surface area contributed by atoms with Gasteiger partial charge in [-0.15, -0.1) is 0 Å². The zero-order valence-electron chi connectivity index (χ0n) is 12.7. The summed E-state index contributed by atoms with van der Waals surface area (Å²) in [7, 11) is 2.09. The second-order valence-electron chi connectivity index (χ2n) is 5.78. The Labute approximate surface area is 125 Å². The molecule has 1 amide bonds. The number of hydrogen-bond donors (Lipinski definition) is 2. The lowest BCUT2D eigenvalue weighted by molar-refractivity contribution is -0.117. The fourth-order valence-corrected chi connectivity index (χ4v) is 3.00. The lowest BCUT2D eigenvalue weighted by Crippen LogP contribution is -2.31. The van der Waals surface area contributed by atoms with Gasteiger partial charge in [-0.05, 0) is 31.5 Å². The molecule has 2 atom stereocenters. The van der Waals surface area contributed by atoms with Gasteiger partial charge in [0.05, 0.1) is 12.6 Å². The molecule has 0 bridgehead atoms. The molecule has 0 aliphatic carbocycles. The van der Waals surface area contributed by atoms with Gasteiger partial charge in [0.25, 0.3) is 0 Å². The van der Waals surface area contributed by atoms with Gasteiger partial charge in [-0.25, -0.2) is 0 Å². The van der Waals surface area contributed by atoms with E-state index in [9.17, 15) is 4.79 Å². The molecule has 0 saturated carbocycles. The Bertz CT molecular complexity index is 526. The first-order chi connectivity index (χ1) is 10.2. The van der Waals surface area contributed by atoms with Gasteiger partial charge in [-0.3, -0.25) is 4.79 Å². The molecule has 3 rings (SSSR count). The van der Waals surface area contributed by atoms with Gasteiger partial charge in [-0.1, -0.05) is 13.0 Å². The van der Waals surface area contributed by atoms with Crippen LogP contribution in [-0.4, -0.2) is 38.8 Å². The first-order valence-corrected chi connectivity index (χ1v) is 7.69. The van der Waals surface area contributed by atoms with Gasteiger partial charge < -0.3 is 20.3 Å². The monoisotopic (exact) mass is 289 g/mol. The van der Waals surface area contributed by atoms with Gasteiger partial charge in [0.15, 0.2) is 0 Å². The molecule has 2 aliphatic rings. The largest absolute Gasteiger partial charge is 0.379 e. The maximum Gasteiger partial charge on any atom is 0.246 e. The van der Waals surface area contributed by atoms with Gasteiger partial charge in [0.2, 0.25) is 5.91 Å². The quantitative estimate of drug-likeness (QED) is 0.869. The van der Waals surface area contributed by atoms with Crippen LogP contribution in [-0.2, 0) is 9.53 Å². The van der Waals surface area contributed by atoms with E-state index in [0.29, 0.717) is 6.04 Å². The van der Waals surface area contributed by atoms with E-state index in [-0.39, 0.29) is 11.9 Å². The van der Waals surface area contributed by atoms with Crippen molar-refractivity contribution in [3.05, 3.63) is 23.8 Å². The molecular formula is C16H23N3O2. The van der Waals surface area contributed by atoms with Crippen LogP contribution >= 0.6 is 0 Å². The number of hydrogen-bond acceptors (Lipinski definition) is 4. The van der Waals surface area contributed by atoms with Crippen molar-refractivity contribution < 1.29 is 9.53 Å². The molecule has 114 valence electrons. The summed E-state index contributed by atoms with van der Waals surface area (Å²) in [5, 5.41) is 6.28. The van der Waals surface area contributed by atoms with Crippen LogP contribution in [0.5, 0.6) is 0 Å². The summed E-state index contributed by atoms with van der Waals surface area (Å²) >= 11 is 0. The number of amides is 1. The Hall–Kier alpha value is -1.59. The molecule has 2 unspecified atom stereocenters. The van der Waals surface area contributed by atoms with Crippen LogP contribution < -0.4 is 15.5 Å². The lowest BCUT2D eigenvalue weighted by atomic mass is 10.1. The molecule has 21 heavy (non-hydrogen) atoms. The van der Waals surface area contributed by atoms with E-state index in [2.05, 4.69) is 47.7 Å². The van der Waals surface area contributed by atoms with E-state index in [1.807, 2.05) is 0 Å². The number of nitrogens with one attached hydrogen (secondary N) is 2. The Morgan fingerprint density at radius 2 is 2.33 bits per heavy atom. The highest BCUT2D eigenvalue weighted by molar-refractivity contribution is 6.03. The maximum absolute atomic E-state index is 12.1. The highest BCUT2D eigenvalue weighted by Crippen LogP contribution is 2.34. The predicted molar refractivity (Wildman–Crippen MR) is 83.7 cm³/mol. The third-order valence-corrected chi connectivity index (χ3v) is 4.33. The van der Waals surface area contributed by atoms with Gasteiger partial charge in [-0.2, -0.15) is 0 Å². The van der Waals surface area contributed by atoms with Crippen molar-refractivity contribution in [1.29, 1.82) is 0 Å². The minimum Gasteiger partial charge on any atom is -0.379 e. The summed E-state index contributed by atoms with van der Waals surface area (Å²) in [6, 6.07) is 6.43. The predicted octanol–water partition coefficient (Wildman–Crippen LogP) is 1.90. The molecule has 2 heterocycles. The fourth-order valence-electron chi connectivity index (χ4n) is 3.00.